The number of ether oxygens (including phenoxy) is 1. The van der Waals surface area contributed by atoms with Gasteiger partial charge < -0.3 is 15.0 Å². The highest BCUT2D eigenvalue weighted by molar-refractivity contribution is 5.87. The lowest BCUT2D eigenvalue weighted by molar-refractivity contribution is -0.141. The summed E-state index contributed by atoms with van der Waals surface area (Å²) in [5.74, 6) is 0.0948. The molecule has 2 rings (SSSR count). The minimum atomic E-state index is -0.574. The summed E-state index contributed by atoms with van der Waals surface area (Å²) >= 11 is 0. The molecule has 0 radical (unpaired) electrons. The Morgan fingerprint density at radius 1 is 1.10 bits per heavy atom. The van der Waals surface area contributed by atoms with Crippen molar-refractivity contribution >= 4 is 11.8 Å². The van der Waals surface area contributed by atoms with Crippen LogP contribution in [0.15, 0.2) is 48.5 Å². The van der Waals surface area contributed by atoms with E-state index in [-0.39, 0.29) is 30.6 Å². The molecule has 0 aliphatic rings. The second-order valence-corrected chi connectivity index (χ2v) is 6.95. The monoisotopic (exact) mass is 400 g/mol. The van der Waals surface area contributed by atoms with Crippen molar-refractivity contribution in [2.45, 2.75) is 45.7 Å². The zero-order chi connectivity index (χ0) is 21.2. The number of likely N-dealkylation sites (N-methyl/N-ethyl adjacent to an activating group) is 1. The van der Waals surface area contributed by atoms with E-state index >= 15 is 0 Å². The highest BCUT2D eigenvalue weighted by Gasteiger charge is 2.27. The SMILES string of the molecule is CC[C@H](C(=O)NC)N(Cc1ccc(F)cc1)C(=O)CCCOc1ccc(C)cc1. The molecule has 0 spiro atoms. The number of carbonyl (C=O) groups excluding carboxylic acids is 2. The molecule has 0 fully saturated rings. The first-order chi connectivity index (χ1) is 13.9. The first-order valence-corrected chi connectivity index (χ1v) is 9.89. The van der Waals surface area contributed by atoms with E-state index in [1.807, 2.05) is 38.1 Å². The summed E-state index contributed by atoms with van der Waals surface area (Å²) in [5, 5.41) is 2.62. The predicted molar refractivity (Wildman–Crippen MR) is 111 cm³/mol. The van der Waals surface area contributed by atoms with Crippen LogP contribution >= 0.6 is 0 Å². The number of aryl methyl sites for hydroxylation is 1. The fourth-order valence-electron chi connectivity index (χ4n) is 3.06. The number of nitrogens with zero attached hydrogens (tertiary/aromatic N) is 1. The second-order valence-electron chi connectivity index (χ2n) is 6.95. The molecule has 5 nitrogen and oxygen atoms in total. The van der Waals surface area contributed by atoms with E-state index in [2.05, 4.69) is 5.32 Å². The zero-order valence-electron chi connectivity index (χ0n) is 17.3. The van der Waals surface area contributed by atoms with Gasteiger partial charge in [-0.3, -0.25) is 9.59 Å². The molecule has 6 heteroatoms. The van der Waals surface area contributed by atoms with E-state index in [1.54, 1.807) is 24.1 Å². The summed E-state index contributed by atoms with van der Waals surface area (Å²) in [5.41, 5.74) is 1.93. The Hall–Kier alpha value is -2.89. The van der Waals surface area contributed by atoms with E-state index in [0.29, 0.717) is 19.4 Å². The Balaban J connectivity index is 1.99. The average molecular weight is 400 g/mol. The van der Waals surface area contributed by atoms with Crippen molar-refractivity contribution in [3.63, 3.8) is 0 Å². The van der Waals surface area contributed by atoms with Gasteiger partial charge in [-0.1, -0.05) is 36.8 Å². The van der Waals surface area contributed by atoms with Gasteiger partial charge in [0.05, 0.1) is 6.61 Å². The summed E-state index contributed by atoms with van der Waals surface area (Å²) in [7, 11) is 1.56. The molecule has 2 aromatic carbocycles. The first kappa shape index (κ1) is 22.4. The lowest BCUT2D eigenvalue weighted by atomic mass is 10.1. The van der Waals surface area contributed by atoms with Crippen LogP contribution in [0.2, 0.25) is 0 Å². The zero-order valence-corrected chi connectivity index (χ0v) is 17.3. The largest absolute Gasteiger partial charge is 0.494 e. The van der Waals surface area contributed by atoms with E-state index in [0.717, 1.165) is 16.9 Å². The van der Waals surface area contributed by atoms with Crippen LogP contribution in [-0.2, 0) is 16.1 Å². The number of rotatable bonds is 10. The molecular weight excluding hydrogens is 371 g/mol. The lowest BCUT2D eigenvalue weighted by Crippen LogP contribution is -2.48. The number of hydrogen-bond acceptors (Lipinski definition) is 3. The number of hydrogen-bond donors (Lipinski definition) is 1. The topological polar surface area (TPSA) is 58.6 Å². The van der Waals surface area contributed by atoms with Crippen molar-refractivity contribution < 1.29 is 18.7 Å². The fraction of sp³-hybridized carbons (Fsp3) is 0.391. The van der Waals surface area contributed by atoms with E-state index in [1.165, 1.54) is 12.1 Å². The van der Waals surface area contributed by atoms with Gasteiger partial charge in [0, 0.05) is 20.0 Å². The molecule has 0 aliphatic carbocycles. The molecule has 2 aromatic rings. The summed E-state index contributed by atoms with van der Waals surface area (Å²) in [6.45, 7) is 4.54. The van der Waals surface area contributed by atoms with Crippen LogP contribution < -0.4 is 10.1 Å². The molecular formula is C23H29FN2O3. The Morgan fingerprint density at radius 3 is 2.34 bits per heavy atom. The highest BCUT2D eigenvalue weighted by Crippen LogP contribution is 2.16. The molecule has 0 aromatic heterocycles. The van der Waals surface area contributed by atoms with Crippen molar-refractivity contribution in [1.29, 1.82) is 0 Å². The fourth-order valence-corrected chi connectivity index (χ4v) is 3.06. The maximum absolute atomic E-state index is 13.2. The Bertz CT molecular complexity index is 791. The van der Waals surface area contributed by atoms with Crippen molar-refractivity contribution in [1.82, 2.24) is 10.2 Å². The molecule has 2 amide bonds. The van der Waals surface area contributed by atoms with E-state index < -0.39 is 6.04 Å². The lowest BCUT2D eigenvalue weighted by Gasteiger charge is -2.30. The molecule has 1 N–H and O–H groups in total. The number of amides is 2. The van der Waals surface area contributed by atoms with Gasteiger partial charge >= 0.3 is 0 Å². The van der Waals surface area contributed by atoms with Crippen LogP contribution in [0.4, 0.5) is 4.39 Å². The van der Waals surface area contributed by atoms with Crippen LogP contribution in [0.25, 0.3) is 0 Å². The van der Waals surface area contributed by atoms with Crippen LogP contribution in [0, 0.1) is 12.7 Å². The van der Waals surface area contributed by atoms with E-state index in [4.69, 9.17) is 4.74 Å². The number of carbonyl (C=O) groups is 2. The third-order valence-corrected chi connectivity index (χ3v) is 4.72. The van der Waals surface area contributed by atoms with Crippen molar-refractivity contribution in [3.8, 4) is 5.75 Å². The van der Waals surface area contributed by atoms with Crippen molar-refractivity contribution in [2.75, 3.05) is 13.7 Å². The molecule has 0 unspecified atom stereocenters. The van der Waals surface area contributed by atoms with Crippen LogP contribution in [0.1, 0.15) is 37.3 Å². The minimum Gasteiger partial charge on any atom is -0.494 e. The van der Waals surface area contributed by atoms with Crippen LogP contribution in [0.3, 0.4) is 0 Å². The Labute approximate surface area is 171 Å². The Morgan fingerprint density at radius 2 is 1.76 bits per heavy atom. The van der Waals surface area contributed by atoms with Crippen LogP contribution in [0.5, 0.6) is 5.75 Å². The summed E-state index contributed by atoms with van der Waals surface area (Å²) in [6, 6.07) is 13.1. The second kappa shape index (κ2) is 11.2. The number of benzene rings is 2. The van der Waals surface area contributed by atoms with Gasteiger partial charge in [0.1, 0.15) is 17.6 Å². The van der Waals surface area contributed by atoms with Gasteiger partial charge in [-0.25, -0.2) is 4.39 Å². The first-order valence-electron chi connectivity index (χ1n) is 9.89. The van der Waals surface area contributed by atoms with E-state index in [9.17, 15) is 14.0 Å². The van der Waals surface area contributed by atoms with Gasteiger partial charge in [-0.05, 0) is 49.6 Å². The smallest absolute Gasteiger partial charge is 0.242 e. The van der Waals surface area contributed by atoms with Crippen molar-refractivity contribution in [3.05, 3.63) is 65.5 Å². The summed E-state index contributed by atoms with van der Waals surface area (Å²) < 4.78 is 18.9. The highest BCUT2D eigenvalue weighted by atomic mass is 19.1. The molecule has 0 saturated heterocycles. The molecule has 29 heavy (non-hydrogen) atoms. The molecule has 0 aliphatic heterocycles. The average Bonchev–Trinajstić information content (AvgIpc) is 2.73. The summed E-state index contributed by atoms with van der Waals surface area (Å²) in [6.07, 6.45) is 1.30. The summed E-state index contributed by atoms with van der Waals surface area (Å²) in [4.78, 5) is 26.8. The minimum absolute atomic E-state index is 0.128. The standard InChI is InChI=1S/C23H29FN2O3/c1-4-21(23(28)25-3)26(16-18-9-11-19(24)12-10-18)22(27)6-5-15-29-20-13-7-17(2)8-14-20/h7-14,21H,4-6,15-16H2,1-3H3,(H,25,28)/t21-/m1/s1. The third kappa shape index (κ3) is 6.89. The number of nitrogens with one attached hydrogen (secondary N) is 1. The maximum atomic E-state index is 13.2. The normalized spacial score (nSPS) is 11.6. The quantitative estimate of drug-likeness (QED) is 0.617. The third-order valence-electron chi connectivity index (χ3n) is 4.72. The van der Waals surface area contributed by atoms with Gasteiger partial charge in [0.25, 0.3) is 0 Å². The van der Waals surface area contributed by atoms with Gasteiger partial charge in [0.2, 0.25) is 11.8 Å². The maximum Gasteiger partial charge on any atom is 0.242 e. The molecule has 0 heterocycles. The van der Waals surface area contributed by atoms with Gasteiger partial charge in [-0.15, -0.1) is 0 Å². The molecule has 0 saturated carbocycles. The molecule has 0 bridgehead atoms. The molecule has 156 valence electrons. The van der Waals surface area contributed by atoms with Crippen molar-refractivity contribution in [2.24, 2.45) is 0 Å². The number of halogens is 1. The van der Waals surface area contributed by atoms with Gasteiger partial charge in [-0.2, -0.15) is 0 Å². The molecule has 1 atom stereocenters. The van der Waals surface area contributed by atoms with Crippen LogP contribution in [-0.4, -0.2) is 36.4 Å². The Kier molecular flexibility index (Phi) is 8.65. The predicted octanol–water partition coefficient (Wildman–Crippen LogP) is 3.85. The van der Waals surface area contributed by atoms with Gasteiger partial charge in [0.15, 0.2) is 0 Å².